The van der Waals surface area contributed by atoms with Crippen molar-refractivity contribution in [2.24, 2.45) is 0 Å². The third-order valence-corrected chi connectivity index (χ3v) is 6.19. The minimum atomic E-state index is -0.298. The molecule has 1 aliphatic rings. The third-order valence-electron chi connectivity index (χ3n) is 6.19. The summed E-state index contributed by atoms with van der Waals surface area (Å²) in [4.78, 5) is 14.7. The van der Waals surface area contributed by atoms with E-state index in [0.29, 0.717) is 12.1 Å². The maximum Gasteiger partial charge on any atom is 0.336 e. The lowest BCUT2D eigenvalue weighted by Gasteiger charge is -2.38. The molecule has 1 N–H and O–H groups in total. The first kappa shape index (κ1) is 20.8. The van der Waals surface area contributed by atoms with Crippen LogP contribution in [0.2, 0.25) is 0 Å². The van der Waals surface area contributed by atoms with Crippen LogP contribution in [0.3, 0.4) is 0 Å². The maximum absolute atomic E-state index is 12.2. The molecule has 5 heteroatoms. The summed E-state index contributed by atoms with van der Waals surface area (Å²) in [6.45, 7) is 10.2. The van der Waals surface area contributed by atoms with Crippen LogP contribution in [0.4, 0.5) is 0 Å². The third kappa shape index (κ3) is 4.33. The van der Waals surface area contributed by atoms with Crippen molar-refractivity contribution in [1.29, 1.82) is 0 Å². The minimum Gasteiger partial charge on any atom is -0.422 e. The first-order valence-corrected chi connectivity index (χ1v) is 10.7. The SMILES string of the molecule is Cc1ccc2c(CN[C@@H](C)[C@H](c3ccccc3)N3CCOCC3)cc(=O)oc2c1C. The van der Waals surface area contributed by atoms with Gasteiger partial charge in [0.2, 0.25) is 0 Å². The summed E-state index contributed by atoms with van der Waals surface area (Å²) in [6, 6.07) is 16.8. The molecule has 0 radical (unpaired) electrons. The Morgan fingerprint density at radius 3 is 2.53 bits per heavy atom. The maximum atomic E-state index is 12.2. The minimum absolute atomic E-state index is 0.194. The molecular formula is C25H30N2O3. The van der Waals surface area contributed by atoms with E-state index in [1.165, 1.54) is 5.56 Å². The Morgan fingerprint density at radius 2 is 1.80 bits per heavy atom. The number of fused-ring (bicyclic) bond motifs is 1. The monoisotopic (exact) mass is 406 g/mol. The van der Waals surface area contributed by atoms with Crippen LogP contribution < -0.4 is 10.9 Å². The molecule has 0 amide bonds. The number of ether oxygens (including phenoxy) is 1. The van der Waals surface area contributed by atoms with E-state index >= 15 is 0 Å². The zero-order valence-electron chi connectivity index (χ0n) is 18.0. The Morgan fingerprint density at radius 1 is 1.07 bits per heavy atom. The standard InChI is InChI=1S/C25H30N2O3/c1-17-9-10-22-21(15-23(28)30-25(22)18(17)2)16-26-19(3)24(20-7-5-4-6-8-20)27-11-13-29-14-12-27/h4-10,15,19,24,26H,11-14,16H2,1-3H3/t19-,24+/m0/s1. The van der Waals surface area contributed by atoms with Gasteiger partial charge in [-0.25, -0.2) is 4.79 Å². The average molecular weight is 407 g/mol. The van der Waals surface area contributed by atoms with Crippen molar-refractivity contribution in [3.8, 4) is 0 Å². The molecule has 5 nitrogen and oxygen atoms in total. The summed E-state index contributed by atoms with van der Waals surface area (Å²) >= 11 is 0. The van der Waals surface area contributed by atoms with Crippen molar-refractivity contribution in [2.45, 2.75) is 39.4 Å². The Labute approximate surface area is 177 Å². The molecule has 0 saturated carbocycles. The van der Waals surface area contributed by atoms with Crippen LogP contribution in [-0.2, 0) is 11.3 Å². The van der Waals surface area contributed by atoms with E-state index in [1.807, 2.05) is 13.8 Å². The highest BCUT2D eigenvalue weighted by molar-refractivity contribution is 5.83. The Bertz CT molecular complexity index is 1060. The Balaban J connectivity index is 1.60. The summed E-state index contributed by atoms with van der Waals surface area (Å²) < 4.78 is 11.1. The van der Waals surface area contributed by atoms with Gasteiger partial charge in [-0.1, -0.05) is 42.5 Å². The number of benzene rings is 2. The average Bonchev–Trinajstić information content (AvgIpc) is 2.76. The topological polar surface area (TPSA) is 54.7 Å². The molecule has 0 spiro atoms. The second-order valence-corrected chi connectivity index (χ2v) is 8.15. The lowest BCUT2D eigenvalue weighted by Crippen LogP contribution is -2.46. The fourth-order valence-electron chi connectivity index (χ4n) is 4.37. The molecule has 158 valence electrons. The summed E-state index contributed by atoms with van der Waals surface area (Å²) in [5, 5.41) is 4.69. The van der Waals surface area contributed by atoms with E-state index in [4.69, 9.17) is 9.15 Å². The summed E-state index contributed by atoms with van der Waals surface area (Å²) in [7, 11) is 0. The van der Waals surface area contributed by atoms with Crippen molar-refractivity contribution < 1.29 is 9.15 Å². The summed E-state index contributed by atoms with van der Waals surface area (Å²) in [6.07, 6.45) is 0. The first-order chi connectivity index (χ1) is 14.5. The fraction of sp³-hybridized carbons (Fsp3) is 0.400. The van der Waals surface area contributed by atoms with Gasteiger partial charge in [0.1, 0.15) is 5.58 Å². The quantitative estimate of drug-likeness (QED) is 0.628. The molecular weight excluding hydrogens is 376 g/mol. The Hall–Kier alpha value is -2.47. The molecule has 0 aliphatic carbocycles. The smallest absolute Gasteiger partial charge is 0.336 e. The molecule has 4 rings (SSSR count). The highest BCUT2D eigenvalue weighted by Gasteiger charge is 2.27. The van der Waals surface area contributed by atoms with Crippen molar-refractivity contribution >= 4 is 11.0 Å². The normalized spacial score (nSPS) is 17.2. The number of nitrogens with one attached hydrogen (secondary N) is 1. The summed E-state index contributed by atoms with van der Waals surface area (Å²) in [5.74, 6) is 0. The van der Waals surface area contributed by atoms with Gasteiger partial charge in [-0.2, -0.15) is 0 Å². The predicted molar refractivity (Wildman–Crippen MR) is 120 cm³/mol. The molecule has 1 fully saturated rings. The van der Waals surface area contributed by atoms with Gasteiger partial charge in [0.05, 0.1) is 19.3 Å². The molecule has 1 saturated heterocycles. The van der Waals surface area contributed by atoms with Crippen LogP contribution in [0, 0.1) is 13.8 Å². The lowest BCUT2D eigenvalue weighted by atomic mass is 9.97. The molecule has 30 heavy (non-hydrogen) atoms. The molecule has 1 aromatic heterocycles. The van der Waals surface area contributed by atoms with Crippen molar-refractivity contribution in [1.82, 2.24) is 10.2 Å². The van der Waals surface area contributed by atoms with Crippen molar-refractivity contribution in [2.75, 3.05) is 26.3 Å². The number of aryl methyl sites for hydroxylation is 2. The van der Waals surface area contributed by atoms with E-state index in [-0.39, 0.29) is 17.7 Å². The van der Waals surface area contributed by atoms with Crippen LogP contribution in [-0.4, -0.2) is 37.2 Å². The zero-order valence-corrected chi connectivity index (χ0v) is 18.0. The highest BCUT2D eigenvalue weighted by Crippen LogP contribution is 2.27. The van der Waals surface area contributed by atoms with E-state index in [9.17, 15) is 4.79 Å². The molecule has 1 aliphatic heterocycles. The van der Waals surface area contributed by atoms with Gasteiger partial charge in [-0.05, 0) is 43.0 Å². The number of morpholine rings is 1. The van der Waals surface area contributed by atoms with Crippen LogP contribution in [0.25, 0.3) is 11.0 Å². The van der Waals surface area contributed by atoms with Crippen LogP contribution in [0.1, 0.15) is 35.2 Å². The van der Waals surface area contributed by atoms with Gasteiger partial charge in [-0.3, -0.25) is 4.90 Å². The number of hydrogen-bond acceptors (Lipinski definition) is 5. The molecule has 3 aromatic rings. The second-order valence-electron chi connectivity index (χ2n) is 8.15. The largest absolute Gasteiger partial charge is 0.422 e. The van der Waals surface area contributed by atoms with E-state index in [1.54, 1.807) is 6.07 Å². The summed E-state index contributed by atoms with van der Waals surface area (Å²) in [5.41, 5.74) is 4.82. The zero-order chi connectivity index (χ0) is 21.1. The Kier molecular flexibility index (Phi) is 6.32. The van der Waals surface area contributed by atoms with E-state index < -0.39 is 0 Å². The lowest BCUT2D eigenvalue weighted by molar-refractivity contribution is 0.00855. The van der Waals surface area contributed by atoms with E-state index in [0.717, 1.165) is 48.4 Å². The van der Waals surface area contributed by atoms with Gasteiger partial charge in [0, 0.05) is 37.1 Å². The van der Waals surface area contributed by atoms with Crippen molar-refractivity contribution in [3.63, 3.8) is 0 Å². The van der Waals surface area contributed by atoms with Gasteiger partial charge in [0.25, 0.3) is 0 Å². The van der Waals surface area contributed by atoms with Crippen LogP contribution in [0.15, 0.2) is 57.7 Å². The van der Waals surface area contributed by atoms with Gasteiger partial charge in [-0.15, -0.1) is 0 Å². The van der Waals surface area contributed by atoms with E-state index in [2.05, 4.69) is 59.6 Å². The van der Waals surface area contributed by atoms with Crippen LogP contribution >= 0.6 is 0 Å². The van der Waals surface area contributed by atoms with Gasteiger partial charge >= 0.3 is 5.63 Å². The molecule has 2 heterocycles. The number of rotatable bonds is 6. The molecule has 0 bridgehead atoms. The van der Waals surface area contributed by atoms with Crippen molar-refractivity contribution in [3.05, 3.63) is 81.2 Å². The number of nitrogens with zero attached hydrogens (tertiary/aromatic N) is 1. The fourth-order valence-corrected chi connectivity index (χ4v) is 4.37. The first-order valence-electron chi connectivity index (χ1n) is 10.7. The highest BCUT2D eigenvalue weighted by atomic mass is 16.5. The molecule has 0 unspecified atom stereocenters. The molecule has 2 atom stereocenters. The predicted octanol–water partition coefficient (Wildman–Crippen LogP) is 3.96. The second kappa shape index (κ2) is 9.13. The number of hydrogen-bond donors (Lipinski definition) is 1. The molecule has 2 aromatic carbocycles. The van der Waals surface area contributed by atoms with Crippen LogP contribution in [0.5, 0.6) is 0 Å². The van der Waals surface area contributed by atoms with Gasteiger partial charge in [0.15, 0.2) is 0 Å². The van der Waals surface area contributed by atoms with Gasteiger partial charge < -0.3 is 14.5 Å².